The van der Waals surface area contributed by atoms with E-state index in [4.69, 9.17) is 5.73 Å². The van der Waals surface area contributed by atoms with Crippen molar-refractivity contribution in [1.29, 1.82) is 0 Å². The van der Waals surface area contributed by atoms with Gasteiger partial charge in [0.1, 0.15) is 5.82 Å². The molecule has 0 radical (unpaired) electrons. The van der Waals surface area contributed by atoms with Crippen LogP contribution in [0, 0.1) is 0 Å². The molecule has 2 N–H and O–H groups in total. The standard InChI is InChI=1S/C15H27N3/c1-5-7-10-18(12(3)6-2)15-9-8-14(11-17-15)13(4)16/h8-9,11-13H,5-7,10,16H2,1-4H3. The number of nitrogens with two attached hydrogens (primary N) is 1. The van der Waals surface area contributed by atoms with Gasteiger partial charge in [0.15, 0.2) is 0 Å². The van der Waals surface area contributed by atoms with Crippen molar-refractivity contribution < 1.29 is 0 Å². The van der Waals surface area contributed by atoms with Gasteiger partial charge in [-0.25, -0.2) is 4.98 Å². The predicted octanol–water partition coefficient (Wildman–Crippen LogP) is 3.51. The van der Waals surface area contributed by atoms with E-state index in [9.17, 15) is 0 Å². The van der Waals surface area contributed by atoms with Crippen molar-refractivity contribution in [3.8, 4) is 0 Å². The maximum atomic E-state index is 5.85. The molecule has 18 heavy (non-hydrogen) atoms. The zero-order valence-corrected chi connectivity index (χ0v) is 12.2. The summed E-state index contributed by atoms with van der Waals surface area (Å²) < 4.78 is 0. The van der Waals surface area contributed by atoms with Crippen molar-refractivity contribution in [2.24, 2.45) is 5.73 Å². The van der Waals surface area contributed by atoms with E-state index in [-0.39, 0.29) is 6.04 Å². The van der Waals surface area contributed by atoms with Crippen LogP contribution >= 0.6 is 0 Å². The first-order valence-corrected chi connectivity index (χ1v) is 7.08. The number of anilines is 1. The highest BCUT2D eigenvalue weighted by Gasteiger charge is 2.13. The van der Waals surface area contributed by atoms with Crippen molar-refractivity contribution in [3.05, 3.63) is 23.9 Å². The van der Waals surface area contributed by atoms with Crippen molar-refractivity contribution >= 4 is 5.82 Å². The van der Waals surface area contributed by atoms with Crippen molar-refractivity contribution in [2.75, 3.05) is 11.4 Å². The maximum Gasteiger partial charge on any atom is 0.128 e. The van der Waals surface area contributed by atoms with Gasteiger partial charge in [-0.05, 0) is 38.3 Å². The third kappa shape index (κ3) is 3.98. The van der Waals surface area contributed by atoms with Crippen molar-refractivity contribution in [2.45, 2.75) is 59.0 Å². The average molecular weight is 249 g/mol. The highest BCUT2D eigenvalue weighted by Crippen LogP contribution is 2.18. The van der Waals surface area contributed by atoms with Gasteiger partial charge in [0, 0.05) is 24.8 Å². The van der Waals surface area contributed by atoms with Crippen LogP contribution in [0.3, 0.4) is 0 Å². The van der Waals surface area contributed by atoms with Crippen LogP contribution in [-0.4, -0.2) is 17.6 Å². The van der Waals surface area contributed by atoms with Crippen molar-refractivity contribution in [3.63, 3.8) is 0 Å². The minimum absolute atomic E-state index is 0.0549. The molecule has 0 saturated heterocycles. The first kappa shape index (κ1) is 15.0. The first-order chi connectivity index (χ1) is 8.60. The molecule has 1 aromatic rings. The minimum Gasteiger partial charge on any atom is -0.354 e. The number of hydrogen-bond donors (Lipinski definition) is 1. The Kier molecular flexibility index (Phi) is 6.13. The van der Waals surface area contributed by atoms with Gasteiger partial charge in [-0.2, -0.15) is 0 Å². The Balaban J connectivity index is 2.83. The summed E-state index contributed by atoms with van der Waals surface area (Å²) in [6.45, 7) is 9.77. The molecule has 1 rings (SSSR count). The molecule has 0 fully saturated rings. The number of pyridine rings is 1. The number of aromatic nitrogens is 1. The van der Waals surface area contributed by atoms with E-state index < -0.39 is 0 Å². The summed E-state index contributed by atoms with van der Waals surface area (Å²) in [4.78, 5) is 6.97. The summed E-state index contributed by atoms with van der Waals surface area (Å²) in [5.41, 5.74) is 6.95. The monoisotopic (exact) mass is 249 g/mol. The number of unbranched alkanes of at least 4 members (excludes halogenated alkanes) is 1. The Hall–Kier alpha value is -1.09. The molecule has 3 heteroatoms. The van der Waals surface area contributed by atoms with Crippen LogP contribution in [0.25, 0.3) is 0 Å². The fourth-order valence-corrected chi connectivity index (χ4v) is 1.95. The lowest BCUT2D eigenvalue weighted by molar-refractivity contribution is 0.589. The molecule has 0 aliphatic heterocycles. The Morgan fingerprint density at radius 3 is 2.44 bits per heavy atom. The lowest BCUT2D eigenvalue weighted by Gasteiger charge is -2.29. The first-order valence-electron chi connectivity index (χ1n) is 7.08. The minimum atomic E-state index is 0.0549. The van der Waals surface area contributed by atoms with Crippen molar-refractivity contribution in [1.82, 2.24) is 4.98 Å². The molecule has 102 valence electrons. The van der Waals surface area contributed by atoms with Crippen LogP contribution in [-0.2, 0) is 0 Å². The molecule has 1 heterocycles. The zero-order chi connectivity index (χ0) is 13.5. The third-order valence-corrected chi connectivity index (χ3v) is 3.47. The molecular weight excluding hydrogens is 222 g/mol. The van der Waals surface area contributed by atoms with E-state index in [0.717, 1.165) is 24.3 Å². The van der Waals surface area contributed by atoms with Crippen LogP contribution in [0.15, 0.2) is 18.3 Å². The second-order valence-electron chi connectivity index (χ2n) is 5.04. The zero-order valence-electron chi connectivity index (χ0n) is 12.2. The van der Waals surface area contributed by atoms with Gasteiger partial charge in [0.25, 0.3) is 0 Å². The quantitative estimate of drug-likeness (QED) is 0.804. The summed E-state index contributed by atoms with van der Waals surface area (Å²) in [7, 11) is 0. The number of nitrogens with zero attached hydrogens (tertiary/aromatic N) is 2. The van der Waals surface area contributed by atoms with E-state index >= 15 is 0 Å². The number of hydrogen-bond acceptors (Lipinski definition) is 3. The molecule has 1 aromatic heterocycles. The SMILES string of the molecule is CCCCN(c1ccc(C(C)N)cn1)C(C)CC. The summed E-state index contributed by atoms with van der Waals surface area (Å²) in [5, 5.41) is 0. The lowest BCUT2D eigenvalue weighted by atomic mass is 10.1. The van der Waals surface area contributed by atoms with E-state index in [0.29, 0.717) is 6.04 Å². The van der Waals surface area contributed by atoms with Crippen LogP contribution in [0.5, 0.6) is 0 Å². The largest absolute Gasteiger partial charge is 0.354 e. The maximum absolute atomic E-state index is 5.85. The highest BCUT2D eigenvalue weighted by atomic mass is 15.2. The average Bonchev–Trinajstić information content (AvgIpc) is 2.39. The predicted molar refractivity (Wildman–Crippen MR) is 78.8 cm³/mol. The lowest BCUT2D eigenvalue weighted by Crippen LogP contribution is -2.34. The Morgan fingerprint density at radius 1 is 1.28 bits per heavy atom. The molecule has 2 unspecified atom stereocenters. The Bertz CT molecular complexity index is 332. The second kappa shape index (κ2) is 7.37. The van der Waals surface area contributed by atoms with Crippen LogP contribution in [0.2, 0.25) is 0 Å². The molecular formula is C15H27N3. The fraction of sp³-hybridized carbons (Fsp3) is 0.667. The van der Waals surface area contributed by atoms with Gasteiger partial charge in [-0.3, -0.25) is 0 Å². The van der Waals surface area contributed by atoms with E-state index in [1.165, 1.54) is 12.8 Å². The second-order valence-corrected chi connectivity index (χ2v) is 5.04. The molecule has 0 aliphatic rings. The normalized spacial score (nSPS) is 14.3. The molecule has 0 spiro atoms. The molecule has 0 aliphatic carbocycles. The van der Waals surface area contributed by atoms with Gasteiger partial charge >= 0.3 is 0 Å². The summed E-state index contributed by atoms with van der Waals surface area (Å²) in [6.07, 6.45) is 5.47. The molecule has 3 nitrogen and oxygen atoms in total. The van der Waals surface area contributed by atoms with Crippen LogP contribution in [0.4, 0.5) is 5.82 Å². The van der Waals surface area contributed by atoms with Gasteiger partial charge in [-0.15, -0.1) is 0 Å². The fourth-order valence-electron chi connectivity index (χ4n) is 1.95. The summed E-state index contributed by atoms with van der Waals surface area (Å²) in [6, 6.07) is 4.78. The Labute approximate surface area is 111 Å². The summed E-state index contributed by atoms with van der Waals surface area (Å²) >= 11 is 0. The van der Waals surface area contributed by atoms with E-state index in [1.807, 2.05) is 13.1 Å². The highest BCUT2D eigenvalue weighted by molar-refractivity contribution is 5.40. The van der Waals surface area contributed by atoms with Gasteiger partial charge in [0.2, 0.25) is 0 Å². The Morgan fingerprint density at radius 2 is 2.00 bits per heavy atom. The molecule has 0 saturated carbocycles. The van der Waals surface area contributed by atoms with Gasteiger partial charge in [-0.1, -0.05) is 26.3 Å². The number of rotatable bonds is 7. The van der Waals surface area contributed by atoms with Gasteiger partial charge in [0.05, 0.1) is 0 Å². The summed E-state index contributed by atoms with van der Waals surface area (Å²) in [5.74, 6) is 1.07. The van der Waals surface area contributed by atoms with Crippen LogP contribution < -0.4 is 10.6 Å². The van der Waals surface area contributed by atoms with Gasteiger partial charge < -0.3 is 10.6 Å². The topological polar surface area (TPSA) is 42.1 Å². The smallest absolute Gasteiger partial charge is 0.128 e. The van der Waals surface area contributed by atoms with E-state index in [1.54, 1.807) is 0 Å². The van der Waals surface area contributed by atoms with E-state index in [2.05, 4.69) is 42.8 Å². The molecule has 0 aromatic carbocycles. The van der Waals surface area contributed by atoms with Crippen LogP contribution in [0.1, 0.15) is 58.6 Å². The third-order valence-electron chi connectivity index (χ3n) is 3.47. The molecule has 0 amide bonds. The molecule has 0 bridgehead atoms. The molecule has 2 atom stereocenters.